The molecule has 1 aliphatic heterocycles. The van der Waals surface area contributed by atoms with Crippen molar-refractivity contribution in [1.82, 2.24) is 24.6 Å². The zero-order valence-corrected chi connectivity index (χ0v) is 20.5. The largest absolute Gasteiger partial charge is 0.497 e. The fourth-order valence-corrected chi connectivity index (χ4v) is 4.62. The minimum Gasteiger partial charge on any atom is -0.497 e. The van der Waals surface area contributed by atoms with E-state index < -0.39 is 0 Å². The van der Waals surface area contributed by atoms with E-state index in [1.165, 1.54) is 12.4 Å². The van der Waals surface area contributed by atoms with Gasteiger partial charge in [-0.15, -0.1) is 0 Å². The van der Waals surface area contributed by atoms with E-state index >= 15 is 0 Å². The summed E-state index contributed by atoms with van der Waals surface area (Å²) in [6, 6.07) is 11.5. The fraction of sp³-hybridized carbons (Fsp3) is 0.259. The normalized spacial score (nSPS) is 15.2. The SMILES string of the molecule is C=CC(=O)N1CC[C@H](n2cc(-c3ncnc4cc(OC)c(OC)cc34)c(-c3cccc(OC)c3)n2)C1. The van der Waals surface area contributed by atoms with Crippen molar-refractivity contribution >= 4 is 16.8 Å². The minimum atomic E-state index is -0.0688. The molecular formula is C27H27N5O4. The number of fused-ring (bicyclic) bond motifs is 1. The smallest absolute Gasteiger partial charge is 0.246 e. The van der Waals surface area contributed by atoms with Gasteiger partial charge in [-0.05, 0) is 30.7 Å². The molecule has 5 rings (SSSR count). The summed E-state index contributed by atoms with van der Waals surface area (Å²) in [6.07, 6.45) is 5.69. The Labute approximate surface area is 208 Å². The van der Waals surface area contributed by atoms with E-state index in [0.29, 0.717) is 24.6 Å². The number of amides is 1. The predicted molar refractivity (Wildman–Crippen MR) is 136 cm³/mol. The van der Waals surface area contributed by atoms with Gasteiger partial charge in [-0.1, -0.05) is 18.7 Å². The Balaban J connectivity index is 1.68. The van der Waals surface area contributed by atoms with Crippen molar-refractivity contribution in [2.75, 3.05) is 34.4 Å². The molecule has 4 aromatic rings. The van der Waals surface area contributed by atoms with Gasteiger partial charge in [0.15, 0.2) is 11.5 Å². The maximum absolute atomic E-state index is 12.2. The molecule has 0 aliphatic carbocycles. The molecule has 1 aliphatic rings. The van der Waals surface area contributed by atoms with Crippen LogP contribution in [0.4, 0.5) is 0 Å². The van der Waals surface area contributed by atoms with Crippen LogP contribution < -0.4 is 14.2 Å². The summed E-state index contributed by atoms with van der Waals surface area (Å²) < 4.78 is 18.4. The third-order valence-corrected chi connectivity index (χ3v) is 6.49. The lowest BCUT2D eigenvalue weighted by atomic mass is 10.0. The van der Waals surface area contributed by atoms with Crippen LogP contribution in [0.3, 0.4) is 0 Å². The Morgan fingerprint density at radius 3 is 2.61 bits per heavy atom. The van der Waals surface area contributed by atoms with Crippen molar-refractivity contribution in [1.29, 1.82) is 0 Å². The molecule has 0 radical (unpaired) electrons. The van der Waals surface area contributed by atoms with E-state index in [-0.39, 0.29) is 11.9 Å². The lowest BCUT2D eigenvalue weighted by Gasteiger charge is -2.14. The molecule has 9 nitrogen and oxygen atoms in total. The maximum Gasteiger partial charge on any atom is 0.246 e. The molecule has 1 fully saturated rings. The Morgan fingerprint density at radius 2 is 1.86 bits per heavy atom. The molecule has 1 saturated heterocycles. The van der Waals surface area contributed by atoms with E-state index in [4.69, 9.17) is 19.3 Å². The highest BCUT2D eigenvalue weighted by molar-refractivity contribution is 5.97. The van der Waals surface area contributed by atoms with Gasteiger partial charge in [-0.3, -0.25) is 9.48 Å². The first-order valence-corrected chi connectivity index (χ1v) is 11.6. The van der Waals surface area contributed by atoms with Crippen LogP contribution in [0.2, 0.25) is 0 Å². The highest BCUT2D eigenvalue weighted by atomic mass is 16.5. The van der Waals surface area contributed by atoms with Crippen LogP contribution in [0.1, 0.15) is 12.5 Å². The minimum absolute atomic E-state index is 0.0368. The first kappa shape index (κ1) is 23.3. The molecule has 1 atom stereocenters. The number of carbonyl (C=O) groups excluding carboxylic acids is 1. The topological polar surface area (TPSA) is 91.6 Å². The summed E-state index contributed by atoms with van der Waals surface area (Å²) in [7, 11) is 4.84. The lowest BCUT2D eigenvalue weighted by molar-refractivity contribution is -0.125. The molecule has 0 saturated carbocycles. The van der Waals surface area contributed by atoms with Gasteiger partial charge in [0.2, 0.25) is 5.91 Å². The van der Waals surface area contributed by atoms with Crippen molar-refractivity contribution in [3.05, 3.63) is 61.6 Å². The third kappa shape index (κ3) is 4.13. The molecule has 3 heterocycles. The lowest BCUT2D eigenvalue weighted by Crippen LogP contribution is -2.27. The van der Waals surface area contributed by atoms with E-state index in [9.17, 15) is 4.79 Å². The second-order valence-corrected chi connectivity index (χ2v) is 8.48. The number of carbonyl (C=O) groups is 1. The van der Waals surface area contributed by atoms with Crippen molar-refractivity contribution in [2.24, 2.45) is 0 Å². The summed E-state index contributed by atoms with van der Waals surface area (Å²) in [6.45, 7) is 4.84. The zero-order chi connectivity index (χ0) is 25.2. The van der Waals surface area contributed by atoms with Gasteiger partial charge in [0.25, 0.3) is 0 Å². The van der Waals surface area contributed by atoms with Gasteiger partial charge in [-0.2, -0.15) is 5.10 Å². The fourth-order valence-electron chi connectivity index (χ4n) is 4.62. The number of methoxy groups -OCH3 is 3. The maximum atomic E-state index is 12.2. The van der Waals surface area contributed by atoms with Gasteiger partial charge >= 0.3 is 0 Å². The second-order valence-electron chi connectivity index (χ2n) is 8.48. The standard InChI is InChI=1S/C27H27N5O4/c1-5-25(33)31-10-9-18(14-31)32-15-21(26(30-32)17-7-6-8-19(11-17)34-2)27-20-12-23(35-3)24(36-4)13-22(20)28-16-29-27/h5-8,11-13,15-16,18H,1,9-10,14H2,2-4H3/t18-/m0/s1. The van der Waals surface area contributed by atoms with Crippen LogP contribution in [0.25, 0.3) is 33.4 Å². The predicted octanol–water partition coefficient (Wildman–Crippen LogP) is 4.15. The van der Waals surface area contributed by atoms with Crippen LogP contribution >= 0.6 is 0 Å². The van der Waals surface area contributed by atoms with Gasteiger partial charge in [-0.25, -0.2) is 9.97 Å². The number of nitrogens with zero attached hydrogens (tertiary/aromatic N) is 5. The number of benzene rings is 2. The van der Waals surface area contributed by atoms with Crippen molar-refractivity contribution in [2.45, 2.75) is 12.5 Å². The summed E-state index contributed by atoms with van der Waals surface area (Å²) in [5.41, 5.74) is 3.95. The summed E-state index contributed by atoms with van der Waals surface area (Å²) in [4.78, 5) is 23.1. The number of likely N-dealkylation sites (tertiary alicyclic amines) is 1. The number of rotatable bonds is 7. The van der Waals surface area contributed by atoms with E-state index in [1.54, 1.807) is 26.2 Å². The van der Waals surface area contributed by atoms with Gasteiger partial charge in [0.1, 0.15) is 17.8 Å². The number of hydrogen-bond donors (Lipinski definition) is 0. The molecule has 0 N–H and O–H groups in total. The molecule has 9 heteroatoms. The highest BCUT2D eigenvalue weighted by Crippen LogP contribution is 2.39. The highest BCUT2D eigenvalue weighted by Gasteiger charge is 2.29. The molecule has 1 amide bonds. The summed E-state index contributed by atoms with van der Waals surface area (Å²) in [5.74, 6) is 1.85. The number of hydrogen-bond acceptors (Lipinski definition) is 7. The van der Waals surface area contributed by atoms with Crippen LogP contribution in [0.5, 0.6) is 17.2 Å². The Bertz CT molecular complexity index is 1450. The first-order valence-electron chi connectivity index (χ1n) is 11.6. The molecule has 0 spiro atoms. The summed E-state index contributed by atoms with van der Waals surface area (Å²) in [5, 5.41) is 5.81. The average molecular weight is 486 g/mol. The van der Waals surface area contributed by atoms with E-state index in [2.05, 4.69) is 16.5 Å². The molecule has 184 valence electrons. The van der Waals surface area contributed by atoms with Crippen molar-refractivity contribution in [3.63, 3.8) is 0 Å². The molecule has 0 bridgehead atoms. The van der Waals surface area contributed by atoms with Gasteiger partial charge in [0.05, 0.1) is 38.6 Å². The molecular weight excluding hydrogens is 458 g/mol. The van der Waals surface area contributed by atoms with Gasteiger partial charge in [0, 0.05) is 41.9 Å². The Kier molecular flexibility index (Phi) is 6.28. The average Bonchev–Trinajstić information content (AvgIpc) is 3.59. The van der Waals surface area contributed by atoms with Crippen molar-refractivity contribution in [3.8, 4) is 39.8 Å². The quantitative estimate of drug-likeness (QED) is 0.363. The van der Waals surface area contributed by atoms with Crippen LogP contribution in [-0.2, 0) is 4.79 Å². The van der Waals surface area contributed by atoms with E-state index in [1.807, 2.05) is 47.3 Å². The van der Waals surface area contributed by atoms with Crippen LogP contribution in [-0.4, -0.2) is 65.0 Å². The first-order chi connectivity index (χ1) is 17.6. The van der Waals surface area contributed by atoms with Gasteiger partial charge < -0.3 is 19.1 Å². The van der Waals surface area contributed by atoms with E-state index in [0.717, 1.165) is 45.6 Å². The number of ether oxygens (including phenoxy) is 3. The Hall–Kier alpha value is -4.40. The zero-order valence-electron chi connectivity index (χ0n) is 20.5. The summed E-state index contributed by atoms with van der Waals surface area (Å²) >= 11 is 0. The molecule has 36 heavy (non-hydrogen) atoms. The third-order valence-electron chi connectivity index (χ3n) is 6.49. The molecule has 2 aromatic carbocycles. The van der Waals surface area contributed by atoms with Crippen molar-refractivity contribution < 1.29 is 19.0 Å². The van der Waals surface area contributed by atoms with Crippen LogP contribution in [0.15, 0.2) is 61.6 Å². The molecule has 0 unspecified atom stereocenters. The Morgan fingerprint density at radius 1 is 1.06 bits per heavy atom. The monoisotopic (exact) mass is 485 g/mol. The molecule has 2 aromatic heterocycles. The van der Waals surface area contributed by atoms with Crippen LogP contribution in [0, 0.1) is 0 Å². The number of aromatic nitrogens is 4. The second kappa shape index (κ2) is 9.69.